The summed E-state index contributed by atoms with van der Waals surface area (Å²) >= 11 is 0. The molecular weight excluding hydrogens is 328 g/mol. The molecule has 138 valence electrons. The van der Waals surface area contributed by atoms with E-state index >= 15 is 0 Å². The molecule has 1 atom stereocenters. The summed E-state index contributed by atoms with van der Waals surface area (Å²) in [5.41, 5.74) is -0.0701. The van der Waals surface area contributed by atoms with Crippen molar-refractivity contribution in [2.24, 2.45) is 0 Å². The van der Waals surface area contributed by atoms with Crippen LogP contribution in [0.5, 0.6) is 0 Å². The Kier molecular flexibility index (Phi) is 5.60. The van der Waals surface area contributed by atoms with Gasteiger partial charge in [0.05, 0.1) is 0 Å². The van der Waals surface area contributed by atoms with Crippen LogP contribution in [0.3, 0.4) is 0 Å². The maximum Gasteiger partial charge on any atom is 0.257 e. The minimum Gasteiger partial charge on any atom is -0.349 e. The van der Waals surface area contributed by atoms with Gasteiger partial charge in [0.15, 0.2) is 0 Å². The molecule has 3 heterocycles. The van der Waals surface area contributed by atoms with Crippen molar-refractivity contribution in [3.05, 3.63) is 36.9 Å². The topological polar surface area (TPSA) is 86.3 Å². The van der Waals surface area contributed by atoms with Crippen LogP contribution in [0.1, 0.15) is 52.9 Å². The number of hydrogen-bond donors (Lipinski definition) is 1. The van der Waals surface area contributed by atoms with E-state index in [0.717, 1.165) is 12.8 Å². The summed E-state index contributed by atoms with van der Waals surface area (Å²) < 4.78 is 3.25. The third kappa shape index (κ3) is 4.25. The van der Waals surface area contributed by atoms with E-state index in [2.05, 4.69) is 51.2 Å². The van der Waals surface area contributed by atoms with Crippen molar-refractivity contribution < 1.29 is 0 Å². The molecule has 0 aromatic carbocycles. The van der Waals surface area contributed by atoms with E-state index in [1.54, 1.807) is 21.8 Å². The zero-order valence-corrected chi connectivity index (χ0v) is 15.6. The smallest absolute Gasteiger partial charge is 0.257 e. The predicted molar refractivity (Wildman–Crippen MR) is 101 cm³/mol. The van der Waals surface area contributed by atoms with Crippen molar-refractivity contribution in [1.82, 2.24) is 34.5 Å². The molecule has 0 fully saturated rings. The highest BCUT2D eigenvalue weighted by molar-refractivity contribution is 5.35. The molecule has 0 aliphatic heterocycles. The number of nitrogens with zero attached hydrogens (tertiary/aromatic N) is 7. The van der Waals surface area contributed by atoms with Crippen molar-refractivity contribution in [2.75, 3.05) is 5.32 Å². The Bertz CT molecular complexity index is 744. The van der Waals surface area contributed by atoms with Crippen LogP contribution in [0.25, 0.3) is 11.9 Å². The molecule has 0 saturated heterocycles. The molecular formula is C18H26N8. The molecule has 1 N–H and O–H groups in total. The SMILES string of the molecule is CCCCCC(C)(CC)Nc1nc(-n2cccn2)nc(-n2cccn2)n1. The second-order valence-electron chi connectivity index (χ2n) is 6.66. The number of anilines is 1. The highest BCUT2D eigenvalue weighted by Crippen LogP contribution is 2.23. The third-order valence-electron chi connectivity index (χ3n) is 4.56. The van der Waals surface area contributed by atoms with Gasteiger partial charge < -0.3 is 5.32 Å². The van der Waals surface area contributed by atoms with E-state index in [9.17, 15) is 0 Å². The number of nitrogens with one attached hydrogen (secondary N) is 1. The van der Waals surface area contributed by atoms with Gasteiger partial charge in [0, 0.05) is 30.3 Å². The molecule has 26 heavy (non-hydrogen) atoms. The Morgan fingerprint density at radius 3 is 2.00 bits per heavy atom. The lowest BCUT2D eigenvalue weighted by Gasteiger charge is -2.30. The van der Waals surface area contributed by atoms with Crippen LogP contribution in [0.15, 0.2) is 36.9 Å². The lowest BCUT2D eigenvalue weighted by atomic mass is 9.92. The molecule has 0 aliphatic carbocycles. The lowest BCUT2D eigenvalue weighted by Crippen LogP contribution is -2.35. The fourth-order valence-corrected chi connectivity index (χ4v) is 2.75. The van der Waals surface area contributed by atoms with Gasteiger partial charge in [0.2, 0.25) is 5.95 Å². The summed E-state index contributed by atoms with van der Waals surface area (Å²) in [4.78, 5) is 13.6. The fraction of sp³-hybridized carbons (Fsp3) is 0.500. The molecule has 3 aromatic heterocycles. The van der Waals surface area contributed by atoms with Gasteiger partial charge in [-0.05, 0) is 31.9 Å². The Balaban J connectivity index is 1.92. The van der Waals surface area contributed by atoms with Crippen LogP contribution in [-0.4, -0.2) is 40.1 Å². The average molecular weight is 354 g/mol. The molecule has 0 amide bonds. The van der Waals surface area contributed by atoms with Crippen LogP contribution in [0, 0.1) is 0 Å². The molecule has 0 radical (unpaired) electrons. The van der Waals surface area contributed by atoms with Crippen molar-refractivity contribution in [1.29, 1.82) is 0 Å². The van der Waals surface area contributed by atoms with Crippen LogP contribution >= 0.6 is 0 Å². The Hall–Kier alpha value is -2.77. The molecule has 0 saturated carbocycles. The minimum atomic E-state index is -0.0701. The van der Waals surface area contributed by atoms with Gasteiger partial charge in [-0.25, -0.2) is 9.36 Å². The summed E-state index contributed by atoms with van der Waals surface area (Å²) in [5.74, 6) is 1.46. The van der Waals surface area contributed by atoms with Gasteiger partial charge in [-0.1, -0.05) is 33.1 Å². The average Bonchev–Trinajstić information content (AvgIpc) is 3.35. The zero-order chi connectivity index (χ0) is 18.4. The van der Waals surface area contributed by atoms with E-state index in [4.69, 9.17) is 0 Å². The summed E-state index contributed by atoms with van der Waals surface area (Å²) in [6.07, 6.45) is 12.7. The Morgan fingerprint density at radius 2 is 1.54 bits per heavy atom. The molecule has 8 heteroatoms. The highest BCUT2D eigenvalue weighted by atomic mass is 15.4. The predicted octanol–water partition coefficient (Wildman–Crippen LogP) is 3.40. The fourth-order valence-electron chi connectivity index (χ4n) is 2.75. The first-order valence-electron chi connectivity index (χ1n) is 9.18. The Labute approximate surface area is 153 Å². The number of hydrogen-bond acceptors (Lipinski definition) is 6. The van der Waals surface area contributed by atoms with Gasteiger partial charge in [-0.3, -0.25) is 0 Å². The molecule has 8 nitrogen and oxygen atoms in total. The molecule has 0 spiro atoms. The van der Waals surface area contributed by atoms with Crippen LogP contribution in [-0.2, 0) is 0 Å². The second-order valence-corrected chi connectivity index (χ2v) is 6.66. The number of aromatic nitrogens is 7. The molecule has 3 aromatic rings. The van der Waals surface area contributed by atoms with Crippen molar-refractivity contribution in [3.63, 3.8) is 0 Å². The van der Waals surface area contributed by atoms with Gasteiger partial charge in [0.25, 0.3) is 11.9 Å². The second kappa shape index (κ2) is 8.07. The number of rotatable bonds is 9. The Morgan fingerprint density at radius 1 is 0.923 bits per heavy atom. The summed E-state index contributed by atoms with van der Waals surface area (Å²) in [7, 11) is 0. The quantitative estimate of drug-likeness (QED) is 0.593. The summed E-state index contributed by atoms with van der Waals surface area (Å²) in [6, 6.07) is 3.68. The van der Waals surface area contributed by atoms with Gasteiger partial charge in [-0.15, -0.1) is 0 Å². The van der Waals surface area contributed by atoms with E-state index in [1.165, 1.54) is 19.3 Å². The summed E-state index contributed by atoms with van der Waals surface area (Å²) in [5, 5.41) is 12.0. The molecule has 3 rings (SSSR count). The molecule has 0 aliphatic rings. The van der Waals surface area contributed by atoms with Gasteiger partial charge in [0.1, 0.15) is 0 Å². The first-order chi connectivity index (χ1) is 12.6. The normalized spacial score (nSPS) is 13.5. The monoisotopic (exact) mass is 354 g/mol. The van der Waals surface area contributed by atoms with Crippen LogP contribution in [0.4, 0.5) is 5.95 Å². The standard InChI is InChI=1S/C18H26N8/c1-4-6-7-10-18(3,5-2)24-15-21-16(25-13-8-11-19-25)23-17(22-15)26-14-9-12-20-26/h8-9,11-14H,4-7,10H2,1-3H3,(H,21,22,23,24). The van der Waals surface area contributed by atoms with Crippen LogP contribution < -0.4 is 5.32 Å². The van der Waals surface area contributed by atoms with Crippen LogP contribution in [0.2, 0.25) is 0 Å². The van der Waals surface area contributed by atoms with Gasteiger partial charge >= 0.3 is 0 Å². The maximum absolute atomic E-state index is 4.57. The maximum atomic E-state index is 4.57. The van der Waals surface area contributed by atoms with E-state index < -0.39 is 0 Å². The van der Waals surface area contributed by atoms with Gasteiger partial charge in [-0.2, -0.15) is 25.1 Å². The highest BCUT2D eigenvalue weighted by Gasteiger charge is 2.23. The van der Waals surface area contributed by atoms with Crippen molar-refractivity contribution in [3.8, 4) is 11.9 Å². The first kappa shape index (κ1) is 18.0. The van der Waals surface area contributed by atoms with E-state index in [-0.39, 0.29) is 5.54 Å². The molecule has 0 bridgehead atoms. The van der Waals surface area contributed by atoms with Crippen molar-refractivity contribution in [2.45, 2.75) is 58.4 Å². The van der Waals surface area contributed by atoms with E-state index in [1.807, 2.05) is 24.5 Å². The number of unbranched alkanes of at least 4 members (excludes halogenated alkanes) is 2. The minimum absolute atomic E-state index is 0.0701. The molecule has 1 unspecified atom stereocenters. The largest absolute Gasteiger partial charge is 0.349 e. The summed E-state index contributed by atoms with van der Waals surface area (Å²) in [6.45, 7) is 6.62. The first-order valence-corrected chi connectivity index (χ1v) is 9.18. The zero-order valence-electron chi connectivity index (χ0n) is 15.6. The third-order valence-corrected chi connectivity index (χ3v) is 4.56. The van der Waals surface area contributed by atoms with Crippen molar-refractivity contribution >= 4 is 5.95 Å². The lowest BCUT2D eigenvalue weighted by molar-refractivity contribution is 0.429. The van der Waals surface area contributed by atoms with E-state index in [0.29, 0.717) is 17.8 Å².